The molecule has 0 bridgehead atoms. The largest absolute Gasteiger partial charge is 0.496 e. The lowest BCUT2D eigenvalue weighted by atomic mass is 10.2. The van der Waals surface area contributed by atoms with Gasteiger partial charge in [0, 0.05) is 23.6 Å². The van der Waals surface area contributed by atoms with Crippen LogP contribution < -0.4 is 9.47 Å². The number of rotatable bonds is 6. The first kappa shape index (κ1) is 15.1. The molecule has 0 aliphatic heterocycles. The Kier molecular flexibility index (Phi) is 5.00. The van der Waals surface area contributed by atoms with Gasteiger partial charge in [-0.3, -0.25) is 10.1 Å². The molecule has 0 spiro atoms. The molecule has 0 unspecified atom stereocenters. The average Bonchev–Trinajstić information content (AvgIpc) is 2.53. The quantitative estimate of drug-likeness (QED) is 0.461. The Bertz CT molecular complexity index is 628. The van der Waals surface area contributed by atoms with Crippen LogP contribution in [-0.2, 0) is 12.5 Å². The second-order valence-electron chi connectivity index (χ2n) is 4.32. The molecule has 0 N–H and O–H groups in total. The highest BCUT2D eigenvalue weighted by molar-refractivity contribution is 6.17. The number of nitro groups is 1. The van der Waals surface area contributed by atoms with Crippen LogP contribution in [0.25, 0.3) is 0 Å². The zero-order valence-corrected chi connectivity index (χ0v) is 12.2. The molecule has 6 heteroatoms. The molecular weight excluding hydrogens is 294 g/mol. The predicted octanol–water partition coefficient (Wildman–Crippen LogP) is 3.92. The minimum Gasteiger partial charge on any atom is -0.496 e. The number of non-ortho nitro benzene ring substituents is 1. The Morgan fingerprint density at radius 2 is 1.90 bits per heavy atom. The molecule has 0 heterocycles. The predicted molar refractivity (Wildman–Crippen MR) is 80.0 cm³/mol. The molecule has 0 aliphatic rings. The zero-order chi connectivity index (χ0) is 15.2. The van der Waals surface area contributed by atoms with E-state index in [1.165, 1.54) is 19.2 Å². The van der Waals surface area contributed by atoms with Crippen molar-refractivity contribution >= 4 is 17.3 Å². The minimum absolute atomic E-state index is 0.00638. The van der Waals surface area contributed by atoms with Crippen LogP contribution in [0.5, 0.6) is 11.5 Å². The first-order chi connectivity index (χ1) is 10.1. The summed E-state index contributed by atoms with van der Waals surface area (Å²) in [5.74, 6) is 1.66. The third kappa shape index (κ3) is 3.86. The van der Waals surface area contributed by atoms with Gasteiger partial charge in [-0.2, -0.15) is 0 Å². The van der Waals surface area contributed by atoms with E-state index >= 15 is 0 Å². The average molecular weight is 308 g/mol. The summed E-state index contributed by atoms with van der Waals surface area (Å²) in [6.07, 6.45) is 0. The van der Waals surface area contributed by atoms with Crippen molar-refractivity contribution in [2.45, 2.75) is 12.5 Å². The van der Waals surface area contributed by atoms with Crippen LogP contribution in [0.2, 0.25) is 0 Å². The van der Waals surface area contributed by atoms with Gasteiger partial charge in [0.1, 0.15) is 18.1 Å². The van der Waals surface area contributed by atoms with Crippen molar-refractivity contribution in [3.8, 4) is 11.5 Å². The van der Waals surface area contributed by atoms with E-state index in [9.17, 15) is 10.1 Å². The lowest BCUT2D eigenvalue weighted by Gasteiger charge is -2.10. The number of nitro benzene ring substituents is 1. The number of alkyl halides is 1. The summed E-state index contributed by atoms with van der Waals surface area (Å²) >= 11 is 5.72. The molecule has 0 aliphatic carbocycles. The molecule has 0 atom stereocenters. The summed E-state index contributed by atoms with van der Waals surface area (Å²) < 4.78 is 10.8. The van der Waals surface area contributed by atoms with Gasteiger partial charge in [-0.25, -0.2) is 0 Å². The molecule has 110 valence electrons. The Labute approximate surface area is 127 Å². The molecule has 0 amide bonds. The lowest BCUT2D eigenvalue weighted by molar-refractivity contribution is -0.385. The van der Waals surface area contributed by atoms with Crippen molar-refractivity contribution < 1.29 is 14.4 Å². The maximum Gasteiger partial charge on any atom is 0.270 e. The fourth-order valence-corrected chi connectivity index (χ4v) is 2.01. The normalized spacial score (nSPS) is 10.2. The van der Waals surface area contributed by atoms with Gasteiger partial charge >= 0.3 is 0 Å². The standard InChI is InChI=1S/C15H14ClNO4/c1-20-15-7-4-13(17(18)19)8-12(15)10-21-14-5-2-11(9-16)3-6-14/h2-8H,9-10H2,1H3. The second-order valence-corrected chi connectivity index (χ2v) is 4.59. The van der Waals surface area contributed by atoms with Gasteiger partial charge in [0.2, 0.25) is 0 Å². The number of halogens is 1. The van der Waals surface area contributed by atoms with E-state index in [2.05, 4.69) is 0 Å². The highest BCUT2D eigenvalue weighted by atomic mass is 35.5. The molecule has 0 radical (unpaired) electrons. The molecule has 0 saturated carbocycles. The Balaban J connectivity index is 2.13. The van der Waals surface area contributed by atoms with E-state index in [0.29, 0.717) is 22.9 Å². The number of hydrogen-bond acceptors (Lipinski definition) is 4. The Morgan fingerprint density at radius 3 is 2.48 bits per heavy atom. The third-order valence-corrected chi connectivity index (χ3v) is 3.26. The smallest absolute Gasteiger partial charge is 0.270 e. The number of methoxy groups -OCH3 is 1. The summed E-state index contributed by atoms with van der Waals surface area (Å²) in [5, 5.41) is 10.8. The number of hydrogen-bond donors (Lipinski definition) is 0. The van der Waals surface area contributed by atoms with Gasteiger partial charge in [0.15, 0.2) is 0 Å². The van der Waals surface area contributed by atoms with Crippen LogP contribution in [0.4, 0.5) is 5.69 Å². The summed E-state index contributed by atoms with van der Waals surface area (Å²) in [7, 11) is 1.51. The molecule has 0 fully saturated rings. The topological polar surface area (TPSA) is 61.6 Å². The van der Waals surface area contributed by atoms with Crippen LogP contribution in [0.1, 0.15) is 11.1 Å². The summed E-state index contributed by atoms with van der Waals surface area (Å²) in [4.78, 5) is 10.4. The van der Waals surface area contributed by atoms with Crippen LogP contribution in [-0.4, -0.2) is 12.0 Å². The monoisotopic (exact) mass is 307 g/mol. The van der Waals surface area contributed by atoms with Gasteiger partial charge in [0.25, 0.3) is 5.69 Å². The molecule has 2 aromatic rings. The third-order valence-electron chi connectivity index (χ3n) is 2.95. The van der Waals surface area contributed by atoms with E-state index < -0.39 is 4.92 Å². The molecule has 0 aromatic heterocycles. The van der Waals surface area contributed by atoms with Crippen LogP contribution in [0.3, 0.4) is 0 Å². The molecule has 21 heavy (non-hydrogen) atoms. The second kappa shape index (κ2) is 6.95. The lowest BCUT2D eigenvalue weighted by Crippen LogP contribution is -2.00. The van der Waals surface area contributed by atoms with E-state index in [1.54, 1.807) is 6.07 Å². The minimum atomic E-state index is -0.446. The number of benzene rings is 2. The van der Waals surface area contributed by atoms with Gasteiger partial charge < -0.3 is 9.47 Å². The number of nitrogens with zero attached hydrogens (tertiary/aromatic N) is 1. The van der Waals surface area contributed by atoms with Crippen molar-refractivity contribution in [2.24, 2.45) is 0 Å². The molecule has 2 aromatic carbocycles. The summed E-state index contributed by atoms with van der Waals surface area (Å²) in [5.41, 5.74) is 1.62. The Morgan fingerprint density at radius 1 is 1.19 bits per heavy atom. The van der Waals surface area contributed by atoms with Crippen molar-refractivity contribution in [1.29, 1.82) is 0 Å². The highest BCUT2D eigenvalue weighted by Crippen LogP contribution is 2.25. The van der Waals surface area contributed by atoms with Crippen molar-refractivity contribution in [3.63, 3.8) is 0 Å². The van der Waals surface area contributed by atoms with Gasteiger partial charge in [-0.1, -0.05) is 12.1 Å². The zero-order valence-electron chi connectivity index (χ0n) is 11.4. The molecule has 0 saturated heterocycles. The molecule has 2 rings (SSSR count). The molecular formula is C15H14ClNO4. The first-order valence-electron chi connectivity index (χ1n) is 6.23. The Hall–Kier alpha value is -2.27. The summed E-state index contributed by atoms with van der Waals surface area (Å²) in [6.45, 7) is 0.186. The van der Waals surface area contributed by atoms with E-state index in [0.717, 1.165) is 5.56 Å². The fraction of sp³-hybridized carbons (Fsp3) is 0.200. The van der Waals surface area contributed by atoms with Crippen LogP contribution in [0, 0.1) is 10.1 Å². The van der Waals surface area contributed by atoms with Gasteiger partial charge in [-0.15, -0.1) is 11.6 Å². The van der Waals surface area contributed by atoms with E-state index in [-0.39, 0.29) is 12.3 Å². The van der Waals surface area contributed by atoms with Crippen LogP contribution >= 0.6 is 11.6 Å². The van der Waals surface area contributed by atoms with E-state index in [1.807, 2.05) is 24.3 Å². The van der Waals surface area contributed by atoms with Crippen molar-refractivity contribution in [3.05, 3.63) is 63.7 Å². The SMILES string of the molecule is COc1ccc([N+](=O)[O-])cc1COc1ccc(CCl)cc1. The number of ether oxygens (including phenoxy) is 2. The fourth-order valence-electron chi connectivity index (χ4n) is 1.83. The maximum atomic E-state index is 10.8. The van der Waals surface area contributed by atoms with Crippen molar-refractivity contribution in [1.82, 2.24) is 0 Å². The van der Waals surface area contributed by atoms with Gasteiger partial charge in [-0.05, 0) is 23.8 Å². The summed E-state index contributed by atoms with van der Waals surface area (Å²) in [6, 6.07) is 11.8. The van der Waals surface area contributed by atoms with Crippen LogP contribution in [0.15, 0.2) is 42.5 Å². The van der Waals surface area contributed by atoms with E-state index in [4.69, 9.17) is 21.1 Å². The first-order valence-corrected chi connectivity index (χ1v) is 6.76. The van der Waals surface area contributed by atoms with Crippen molar-refractivity contribution in [2.75, 3.05) is 7.11 Å². The molecule has 5 nitrogen and oxygen atoms in total. The maximum absolute atomic E-state index is 10.8. The van der Waals surface area contributed by atoms with Gasteiger partial charge in [0.05, 0.1) is 12.0 Å². The highest BCUT2D eigenvalue weighted by Gasteiger charge is 2.11.